The monoisotopic (exact) mass is 268 g/mol. The van der Waals surface area contributed by atoms with E-state index < -0.39 is 5.97 Å². The number of nitrogens with one attached hydrogen (secondary N) is 1. The molecule has 1 fully saturated rings. The van der Waals surface area contributed by atoms with Crippen LogP contribution in [-0.4, -0.2) is 22.6 Å². The number of aryl methyl sites for hydroxylation is 1. The van der Waals surface area contributed by atoms with Crippen molar-refractivity contribution in [2.24, 2.45) is 5.41 Å². The lowest BCUT2D eigenvalue weighted by molar-refractivity contribution is 0.0701. The summed E-state index contributed by atoms with van der Waals surface area (Å²) >= 11 is 1.23. The number of anilines is 1. The zero-order valence-electron chi connectivity index (χ0n) is 11.0. The van der Waals surface area contributed by atoms with E-state index in [0.29, 0.717) is 16.0 Å². The molecule has 2 N–H and O–H groups in total. The van der Waals surface area contributed by atoms with Crippen LogP contribution in [0.2, 0.25) is 0 Å². The van der Waals surface area contributed by atoms with Crippen molar-refractivity contribution in [2.45, 2.75) is 46.0 Å². The van der Waals surface area contributed by atoms with Gasteiger partial charge in [0.15, 0.2) is 5.13 Å². The van der Waals surface area contributed by atoms with Crippen molar-refractivity contribution < 1.29 is 9.90 Å². The molecule has 1 aromatic rings. The lowest BCUT2D eigenvalue weighted by Crippen LogP contribution is -2.28. The predicted molar refractivity (Wildman–Crippen MR) is 73.5 cm³/mol. The number of carbonyl (C=O) groups is 1. The highest BCUT2D eigenvalue weighted by molar-refractivity contribution is 7.17. The van der Waals surface area contributed by atoms with Gasteiger partial charge in [-0.1, -0.05) is 37.5 Å². The maximum atomic E-state index is 10.9. The van der Waals surface area contributed by atoms with E-state index in [-0.39, 0.29) is 0 Å². The molecule has 0 aliphatic heterocycles. The SMILES string of the molecule is Cc1nc(NCC2(C)CCCCC2)sc1C(=O)O. The summed E-state index contributed by atoms with van der Waals surface area (Å²) in [6.07, 6.45) is 6.44. The maximum Gasteiger partial charge on any atom is 0.347 e. The van der Waals surface area contributed by atoms with E-state index in [1.807, 2.05) is 0 Å². The Kier molecular flexibility index (Phi) is 3.90. The Morgan fingerprint density at radius 2 is 2.11 bits per heavy atom. The predicted octanol–water partition coefficient (Wildman–Crippen LogP) is 3.53. The van der Waals surface area contributed by atoms with Gasteiger partial charge in [-0.2, -0.15) is 0 Å². The van der Waals surface area contributed by atoms with Crippen molar-refractivity contribution in [3.8, 4) is 0 Å². The Morgan fingerprint density at radius 1 is 1.44 bits per heavy atom. The highest BCUT2D eigenvalue weighted by atomic mass is 32.1. The summed E-state index contributed by atoms with van der Waals surface area (Å²) in [6.45, 7) is 4.93. The topological polar surface area (TPSA) is 62.2 Å². The molecule has 0 unspecified atom stereocenters. The molecule has 0 radical (unpaired) electrons. The second-order valence-corrected chi connectivity index (χ2v) is 6.46. The third-order valence-electron chi connectivity index (χ3n) is 3.72. The first-order chi connectivity index (χ1) is 8.50. The maximum absolute atomic E-state index is 10.9. The van der Waals surface area contributed by atoms with E-state index in [2.05, 4.69) is 17.2 Å². The minimum Gasteiger partial charge on any atom is -0.477 e. The molecule has 1 saturated carbocycles. The van der Waals surface area contributed by atoms with Crippen molar-refractivity contribution in [1.29, 1.82) is 0 Å². The van der Waals surface area contributed by atoms with E-state index in [9.17, 15) is 4.79 Å². The van der Waals surface area contributed by atoms with Gasteiger partial charge in [0, 0.05) is 6.54 Å². The van der Waals surface area contributed by atoms with Gasteiger partial charge in [-0.25, -0.2) is 9.78 Å². The molecule has 0 amide bonds. The second kappa shape index (κ2) is 5.26. The molecule has 100 valence electrons. The number of nitrogens with zero attached hydrogens (tertiary/aromatic N) is 1. The molecule has 0 saturated heterocycles. The summed E-state index contributed by atoms with van der Waals surface area (Å²) in [6, 6.07) is 0. The molecular formula is C13H20N2O2S. The molecule has 0 atom stereocenters. The number of hydrogen-bond donors (Lipinski definition) is 2. The molecule has 0 bridgehead atoms. The van der Waals surface area contributed by atoms with Crippen LogP contribution in [0.25, 0.3) is 0 Å². The summed E-state index contributed by atoms with van der Waals surface area (Å²) in [5.41, 5.74) is 0.935. The first-order valence-electron chi connectivity index (χ1n) is 6.45. The van der Waals surface area contributed by atoms with Gasteiger partial charge >= 0.3 is 5.97 Å². The number of carboxylic acids is 1. The van der Waals surface area contributed by atoms with Crippen molar-refractivity contribution in [3.05, 3.63) is 10.6 Å². The van der Waals surface area contributed by atoms with E-state index >= 15 is 0 Å². The van der Waals surface area contributed by atoms with Crippen LogP contribution in [0.5, 0.6) is 0 Å². The van der Waals surface area contributed by atoms with Gasteiger partial charge in [0.2, 0.25) is 0 Å². The highest BCUT2D eigenvalue weighted by Gasteiger charge is 2.27. The Hall–Kier alpha value is -1.10. The fraction of sp³-hybridized carbons (Fsp3) is 0.692. The molecule has 1 aliphatic carbocycles. The van der Waals surface area contributed by atoms with E-state index in [1.54, 1.807) is 6.92 Å². The van der Waals surface area contributed by atoms with Crippen molar-refractivity contribution in [3.63, 3.8) is 0 Å². The molecule has 18 heavy (non-hydrogen) atoms. The molecule has 0 spiro atoms. The van der Waals surface area contributed by atoms with E-state index in [1.165, 1.54) is 43.4 Å². The van der Waals surface area contributed by atoms with Gasteiger partial charge in [0.05, 0.1) is 5.69 Å². The Balaban J connectivity index is 1.97. The number of carboxylic acid groups (broad SMARTS) is 1. The van der Waals surface area contributed by atoms with Crippen LogP contribution in [0.4, 0.5) is 5.13 Å². The Bertz CT molecular complexity index is 436. The molecule has 1 aromatic heterocycles. The molecule has 0 aromatic carbocycles. The van der Waals surface area contributed by atoms with Gasteiger partial charge in [-0.3, -0.25) is 0 Å². The number of rotatable bonds is 4. The van der Waals surface area contributed by atoms with Crippen molar-refractivity contribution in [2.75, 3.05) is 11.9 Å². The van der Waals surface area contributed by atoms with Gasteiger partial charge in [0.1, 0.15) is 4.88 Å². The van der Waals surface area contributed by atoms with Crippen LogP contribution >= 0.6 is 11.3 Å². The number of aromatic nitrogens is 1. The third kappa shape index (κ3) is 3.02. The fourth-order valence-corrected chi connectivity index (χ4v) is 3.34. The first kappa shape index (κ1) is 13.3. The van der Waals surface area contributed by atoms with Gasteiger partial charge in [-0.15, -0.1) is 0 Å². The smallest absolute Gasteiger partial charge is 0.347 e. The summed E-state index contributed by atoms with van der Waals surface area (Å²) in [7, 11) is 0. The summed E-state index contributed by atoms with van der Waals surface area (Å²) in [5, 5.41) is 13.0. The second-order valence-electron chi connectivity index (χ2n) is 5.46. The van der Waals surface area contributed by atoms with Crippen LogP contribution in [0, 0.1) is 12.3 Å². The van der Waals surface area contributed by atoms with Gasteiger partial charge in [0.25, 0.3) is 0 Å². The average molecular weight is 268 g/mol. The lowest BCUT2D eigenvalue weighted by Gasteiger charge is -2.33. The minimum atomic E-state index is -0.887. The van der Waals surface area contributed by atoms with Gasteiger partial charge in [-0.05, 0) is 25.2 Å². The summed E-state index contributed by atoms with van der Waals surface area (Å²) in [5.74, 6) is -0.887. The van der Waals surface area contributed by atoms with E-state index in [4.69, 9.17) is 5.11 Å². The average Bonchev–Trinajstić information content (AvgIpc) is 2.69. The first-order valence-corrected chi connectivity index (χ1v) is 7.26. The van der Waals surface area contributed by atoms with Crippen LogP contribution in [0.15, 0.2) is 0 Å². The van der Waals surface area contributed by atoms with Crippen LogP contribution in [-0.2, 0) is 0 Å². The van der Waals surface area contributed by atoms with Crippen molar-refractivity contribution in [1.82, 2.24) is 4.98 Å². The Morgan fingerprint density at radius 3 is 2.67 bits per heavy atom. The van der Waals surface area contributed by atoms with E-state index in [0.717, 1.165) is 11.7 Å². The highest BCUT2D eigenvalue weighted by Crippen LogP contribution is 2.36. The zero-order valence-corrected chi connectivity index (χ0v) is 11.8. The van der Waals surface area contributed by atoms with Crippen molar-refractivity contribution >= 4 is 22.4 Å². The molecular weight excluding hydrogens is 248 g/mol. The largest absolute Gasteiger partial charge is 0.477 e. The normalized spacial score (nSPS) is 18.6. The summed E-state index contributed by atoms with van der Waals surface area (Å²) in [4.78, 5) is 15.6. The molecule has 4 nitrogen and oxygen atoms in total. The Labute approximate surface area is 111 Å². The molecule has 1 aliphatic rings. The summed E-state index contributed by atoms with van der Waals surface area (Å²) < 4.78 is 0. The molecule has 5 heteroatoms. The third-order valence-corrected chi connectivity index (χ3v) is 4.82. The minimum absolute atomic E-state index is 0.335. The molecule has 1 heterocycles. The quantitative estimate of drug-likeness (QED) is 0.877. The number of aromatic carboxylic acids is 1. The lowest BCUT2D eigenvalue weighted by atomic mass is 9.76. The fourth-order valence-electron chi connectivity index (χ4n) is 2.54. The number of thiazole rings is 1. The van der Waals surface area contributed by atoms with Crippen LogP contribution in [0.3, 0.4) is 0 Å². The zero-order chi connectivity index (χ0) is 13.2. The van der Waals surface area contributed by atoms with Crippen LogP contribution < -0.4 is 5.32 Å². The number of hydrogen-bond acceptors (Lipinski definition) is 4. The standard InChI is InChI=1S/C13H20N2O2S/c1-9-10(11(16)17)18-12(15-9)14-8-13(2)6-4-3-5-7-13/h3-8H2,1-2H3,(H,14,15)(H,16,17). The van der Waals surface area contributed by atoms with Gasteiger partial charge < -0.3 is 10.4 Å². The van der Waals surface area contributed by atoms with Crippen LogP contribution in [0.1, 0.15) is 54.4 Å². The molecule has 2 rings (SSSR count).